The van der Waals surface area contributed by atoms with Crippen molar-refractivity contribution in [2.45, 2.75) is 45.9 Å². The highest BCUT2D eigenvalue weighted by atomic mass is 32.2. The van der Waals surface area contributed by atoms with Gasteiger partial charge in [-0.05, 0) is 49.4 Å². The zero-order chi connectivity index (χ0) is 16.5. The highest BCUT2D eigenvalue weighted by molar-refractivity contribution is 7.93. The molecular formula is C15H21N3O2S2. The Kier molecular flexibility index (Phi) is 4.87. The van der Waals surface area contributed by atoms with Crippen LogP contribution >= 0.6 is 11.3 Å². The van der Waals surface area contributed by atoms with E-state index in [1.807, 2.05) is 19.9 Å². The van der Waals surface area contributed by atoms with Gasteiger partial charge < -0.3 is 0 Å². The van der Waals surface area contributed by atoms with Gasteiger partial charge in [0.1, 0.15) is 5.01 Å². The quantitative estimate of drug-likeness (QED) is 0.905. The molecule has 2 aromatic rings. The lowest BCUT2D eigenvalue weighted by Crippen LogP contribution is -2.14. The summed E-state index contributed by atoms with van der Waals surface area (Å²) >= 11 is 1.28. The molecule has 0 aliphatic carbocycles. The summed E-state index contributed by atoms with van der Waals surface area (Å²) in [4.78, 5) is 0.288. The molecule has 1 N–H and O–H groups in total. The number of nitrogens with one attached hydrogen (secondary N) is 1. The smallest absolute Gasteiger partial charge is 0.253 e. The Morgan fingerprint density at radius 2 is 1.73 bits per heavy atom. The van der Waals surface area contributed by atoms with E-state index in [4.69, 9.17) is 0 Å². The molecule has 0 saturated heterocycles. The number of hydrogen-bond acceptors (Lipinski definition) is 5. The maximum absolute atomic E-state index is 12.5. The summed E-state index contributed by atoms with van der Waals surface area (Å²) in [6, 6.07) is 3.58. The number of nitrogens with zero attached hydrogens (tertiary/aromatic N) is 2. The van der Waals surface area contributed by atoms with E-state index >= 15 is 0 Å². The van der Waals surface area contributed by atoms with Crippen molar-refractivity contribution in [1.82, 2.24) is 10.2 Å². The maximum Gasteiger partial charge on any atom is 0.263 e. The van der Waals surface area contributed by atoms with Crippen LogP contribution in [0, 0.1) is 26.7 Å². The molecule has 0 spiro atoms. The zero-order valence-electron chi connectivity index (χ0n) is 13.5. The van der Waals surface area contributed by atoms with Crippen LogP contribution in [0.1, 0.15) is 35.5 Å². The van der Waals surface area contributed by atoms with Crippen molar-refractivity contribution in [3.8, 4) is 0 Å². The van der Waals surface area contributed by atoms with Crippen LogP contribution in [0.2, 0.25) is 0 Å². The molecule has 22 heavy (non-hydrogen) atoms. The van der Waals surface area contributed by atoms with Gasteiger partial charge in [-0.25, -0.2) is 8.42 Å². The van der Waals surface area contributed by atoms with E-state index in [2.05, 4.69) is 28.8 Å². The number of anilines is 1. The summed E-state index contributed by atoms with van der Waals surface area (Å²) in [5, 5.41) is 9.11. The molecule has 0 unspecified atom stereocenters. The Morgan fingerprint density at radius 3 is 2.36 bits per heavy atom. The van der Waals surface area contributed by atoms with Crippen LogP contribution in [-0.4, -0.2) is 18.6 Å². The molecule has 1 heterocycles. The second kappa shape index (κ2) is 6.34. The van der Waals surface area contributed by atoms with Crippen LogP contribution in [0.5, 0.6) is 0 Å². The predicted molar refractivity (Wildman–Crippen MR) is 89.9 cm³/mol. The molecule has 1 aromatic carbocycles. The van der Waals surface area contributed by atoms with Crippen LogP contribution in [-0.2, 0) is 16.4 Å². The Hall–Kier alpha value is -1.47. The van der Waals surface area contributed by atoms with Crippen LogP contribution in [0.3, 0.4) is 0 Å². The molecular weight excluding hydrogens is 318 g/mol. The van der Waals surface area contributed by atoms with Gasteiger partial charge in [0.25, 0.3) is 10.0 Å². The van der Waals surface area contributed by atoms with Crippen LogP contribution < -0.4 is 4.72 Å². The molecule has 0 atom stereocenters. The summed E-state index contributed by atoms with van der Waals surface area (Å²) < 4.78 is 27.6. The predicted octanol–water partition coefficient (Wildman–Crippen LogP) is 3.46. The van der Waals surface area contributed by atoms with Gasteiger partial charge in [0.05, 0.1) is 4.90 Å². The second-order valence-corrected chi connectivity index (χ2v) is 8.62. The largest absolute Gasteiger partial charge is 0.263 e. The summed E-state index contributed by atoms with van der Waals surface area (Å²) in [5.74, 6) is 0.458. The van der Waals surface area contributed by atoms with Gasteiger partial charge in [0.2, 0.25) is 5.13 Å². The molecule has 0 amide bonds. The van der Waals surface area contributed by atoms with Crippen molar-refractivity contribution in [3.63, 3.8) is 0 Å². The minimum atomic E-state index is -3.64. The molecule has 0 radical (unpaired) electrons. The first-order valence-corrected chi connectivity index (χ1v) is 9.42. The molecule has 0 aliphatic rings. The highest BCUT2D eigenvalue weighted by Crippen LogP contribution is 2.25. The highest BCUT2D eigenvalue weighted by Gasteiger charge is 2.20. The van der Waals surface area contributed by atoms with E-state index < -0.39 is 10.0 Å². The molecule has 0 fully saturated rings. The molecule has 5 nitrogen and oxygen atoms in total. The van der Waals surface area contributed by atoms with Gasteiger partial charge >= 0.3 is 0 Å². The van der Waals surface area contributed by atoms with E-state index in [0.717, 1.165) is 28.1 Å². The third-order valence-corrected chi connectivity index (χ3v) is 5.82. The fourth-order valence-corrected chi connectivity index (χ4v) is 4.61. The van der Waals surface area contributed by atoms with Gasteiger partial charge in [0, 0.05) is 6.42 Å². The first kappa shape index (κ1) is 16.9. The SMILES string of the molecule is Cc1cc(C)c(S(=O)(=O)Nc2nnc(CC(C)C)s2)cc1C. The summed E-state index contributed by atoms with van der Waals surface area (Å²) in [6.45, 7) is 9.84. The standard InChI is InChI=1S/C15H21N3O2S2/c1-9(2)6-14-16-17-15(21-14)18-22(19,20)13-8-11(4)10(3)7-12(13)5/h7-9H,6H2,1-5H3,(H,17,18). The lowest BCUT2D eigenvalue weighted by molar-refractivity contribution is 0.600. The van der Waals surface area contributed by atoms with Crippen LogP contribution in [0.4, 0.5) is 5.13 Å². The Morgan fingerprint density at radius 1 is 1.09 bits per heavy atom. The fourth-order valence-electron chi connectivity index (χ4n) is 2.12. The number of sulfonamides is 1. The molecule has 2 rings (SSSR count). The third kappa shape index (κ3) is 3.84. The minimum absolute atomic E-state index is 0.288. The molecule has 7 heteroatoms. The van der Waals surface area contributed by atoms with Crippen molar-refractivity contribution in [3.05, 3.63) is 33.8 Å². The summed E-state index contributed by atoms with van der Waals surface area (Å²) in [6.07, 6.45) is 0.794. The Bertz CT molecular complexity index is 780. The lowest BCUT2D eigenvalue weighted by Gasteiger charge is -2.10. The molecule has 120 valence electrons. The van der Waals surface area contributed by atoms with Crippen molar-refractivity contribution < 1.29 is 8.42 Å². The Labute approximate surface area is 135 Å². The van der Waals surface area contributed by atoms with Crippen molar-refractivity contribution in [2.24, 2.45) is 5.92 Å². The van der Waals surface area contributed by atoms with E-state index in [0.29, 0.717) is 11.0 Å². The van der Waals surface area contributed by atoms with Crippen molar-refractivity contribution in [2.75, 3.05) is 4.72 Å². The van der Waals surface area contributed by atoms with Gasteiger partial charge in [-0.3, -0.25) is 4.72 Å². The van der Waals surface area contributed by atoms with E-state index in [9.17, 15) is 8.42 Å². The zero-order valence-corrected chi connectivity index (χ0v) is 15.1. The molecule has 1 aromatic heterocycles. The molecule has 0 saturated carbocycles. The van der Waals surface area contributed by atoms with E-state index in [-0.39, 0.29) is 4.90 Å². The lowest BCUT2D eigenvalue weighted by atomic mass is 10.1. The Balaban J connectivity index is 2.28. The van der Waals surface area contributed by atoms with Crippen LogP contribution in [0.25, 0.3) is 0 Å². The second-order valence-electron chi connectivity index (χ2n) is 5.91. The number of aryl methyl sites for hydroxylation is 3. The van der Waals surface area contributed by atoms with Gasteiger partial charge in [0.15, 0.2) is 0 Å². The van der Waals surface area contributed by atoms with Crippen LogP contribution in [0.15, 0.2) is 17.0 Å². The summed E-state index contributed by atoms with van der Waals surface area (Å²) in [7, 11) is -3.64. The maximum atomic E-state index is 12.5. The van der Waals surface area contributed by atoms with Gasteiger partial charge in [-0.2, -0.15) is 0 Å². The number of benzene rings is 1. The number of rotatable bonds is 5. The first-order chi connectivity index (χ1) is 10.2. The normalized spacial score (nSPS) is 11.9. The van der Waals surface area contributed by atoms with E-state index in [1.54, 1.807) is 13.0 Å². The number of aromatic nitrogens is 2. The average molecular weight is 339 g/mol. The summed E-state index contributed by atoms with van der Waals surface area (Å²) in [5.41, 5.74) is 2.75. The average Bonchev–Trinajstić information content (AvgIpc) is 2.79. The fraction of sp³-hybridized carbons (Fsp3) is 0.467. The third-order valence-electron chi connectivity index (χ3n) is 3.35. The van der Waals surface area contributed by atoms with Crippen molar-refractivity contribution >= 4 is 26.5 Å². The van der Waals surface area contributed by atoms with Gasteiger partial charge in [-0.1, -0.05) is 31.3 Å². The first-order valence-electron chi connectivity index (χ1n) is 7.12. The topological polar surface area (TPSA) is 72.0 Å². The van der Waals surface area contributed by atoms with E-state index in [1.165, 1.54) is 11.3 Å². The molecule has 0 aliphatic heterocycles. The van der Waals surface area contributed by atoms with Gasteiger partial charge in [-0.15, -0.1) is 10.2 Å². The number of hydrogen-bond donors (Lipinski definition) is 1. The minimum Gasteiger partial charge on any atom is -0.253 e. The molecule has 0 bridgehead atoms. The van der Waals surface area contributed by atoms with Crippen molar-refractivity contribution in [1.29, 1.82) is 0 Å². The monoisotopic (exact) mass is 339 g/mol.